The van der Waals surface area contributed by atoms with E-state index in [1.807, 2.05) is 41.1 Å². The molecule has 1 aliphatic heterocycles. The Hall–Kier alpha value is -2.77. The molecule has 6 nitrogen and oxygen atoms in total. The lowest BCUT2D eigenvalue weighted by atomic mass is 10.0. The number of aryl methyl sites for hydroxylation is 2. The molecule has 0 aliphatic carbocycles. The maximum Gasteiger partial charge on any atom is 0.461 e. The van der Waals surface area contributed by atoms with Crippen molar-refractivity contribution in [1.29, 1.82) is 0 Å². The number of ether oxygens (including phenoxy) is 2. The van der Waals surface area contributed by atoms with Crippen LogP contribution in [0.1, 0.15) is 12.1 Å². The van der Waals surface area contributed by atoms with Crippen molar-refractivity contribution in [3.05, 3.63) is 53.2 Å². The molecule has 0 bridgehead atoms. The Balaban J connectivity index is 1.85. The highest BCUT2D eigenvalue weighted by Crippen LogP contribution is 2.37. The first-order valence-electron chi connectivity index (χ1n) is 10.0. The molecule has 5 rings (SSSR count). The zero-order valence-corrected chi connectivity index (χ0v) is 19.1. The molecule has 8 heteroatoms. The number of methoxy groups -OCH3 is 2. The summed E-state index contributed by atoms with van der Waals surface area (Å²) < 4.78 is 15.3. The van der Waals surface area contributed by atoms with Gasteiger partial charge in [-0.3, -0.25) is 0 Å². The molecule has 2 aromatic heterocycles. The molecule has 0 N–H and O–H groups in total. The SMILES string of the molecule is COc1cc2cc(C)[n+](-c3nc4n(n3)CCCS4)c(-c3ccc(Cl)cc3)c2cc1OC. The largest absolute Gasteiger partial charge is 0.493 e. The summed E-state index contributed by atoms with van der Waals surface area (Å²) in [7, 11) is 3.30. The number of benzene rings is 2. The number of pyridine rings is 1. The van der Waals surface area contributed by atoms with Crippen LogP contribution in [0.5, 0.6) is 11.5 Å². The Morgan fingerprint density at radius 3 is 2.52 bits per heavy atom. The predicted octanol–water partition coefficient (Wildman–Crippen LogP) is 4.85. The summed E-state index contributed by atoms with van der Waals surface area (Å²) in [5.41, 5.74) is 3.03. The Labute approximate surface area is 189 Å². The summed E-state index contributed by atoms with van der Waals surface area (Å²) in [5, 5.41) is 8.56. The summed E-state index contributed by atoms with van der Waals surface area (Å²) in [4.78, 5) is 4.86. The molecule has 0 radical (unpaired) electrons. The zero-order chi connectivity index (χ0) is 21.5. The first-order valence-corrected chi connectivity index (χ1v) is 11.4. The van der Waals surface area contributed by atoms with Gasteiger partial charge >= 0.3 is 5.95 Å². The van der Waals surface area contributed by atoms with Crippen molar-refractivity contribution >= 4 is 34.1 Å². The lowest BCUT2D eigenvalue weighted by Crippen LogP contribution is -2.38. The Kier molecular flexibility index (Phi) is 5.24. The molecule has 31 heavy (non-hydrogen) atoms. The van der Waals surface area contributed by atoms with Gasteiger partial charge in [-0.2, -0.15) is 9.25 Å². The van der Waals surface area contributed by atoms with E-state index in [4.69, 9.17) is 31.2 Å². The highest BCUT2D eigenvalue weighted by Gasteiger charge is 2.29. The number of aromatic nitrogens is 4. The Bertz CT molecular complexity index is 1260. The molecule has 0 spiro atoms. The molecule has 1 aliphatic rings. The van der Waals surface area contributed by atoms with Gasteiger partial charge in [0.05, 0.1) is 26.5 Å². The third kappa shape index (κ3) is 3.51. The van der Waals surface area contributed by atoms with Gasteiger partial charge in [-0.1, -0.05) is 23.4 Å². The molecule has 0 fully saturated rings. The van der Waals surface area contributed by atoms with Crippen LogP contribution in [0.4, 0.5) is 0 Å². The molecule has 3 heterocycles. The first-order chi connectivity index (χ1) is 15.1. The molecule has 0 atom stereocenters. The molecule has 0 saturated carbocycles. The second-order valence-electron chi connectivity index (χ2n) is 7.39. The van der Waals surface area contributed by atoms with Gasteiger partial charge in [-0.25, -0.2) is 0 Å². The quantitative estimate of drug-likeness (QED) is 0.413. The van der Waals surface area contributed by atoms with Gasteiger partial charge in [0.2, 0.25) is 0 Å². The van der Waals surface area contributed by atoms with E-state index in [1.165, 1.54) is 0 Å². The standard InChI is InChI=1S/C23H22ClN4O2S/c1-14-11-16-12-19(29-2)20(30-3)13-18(16)21(15-5-7-17(24)8-6-15)28(14)22-25-23-27(26-22)9-4-10-31-23/h5-8,11-13H,4,9-10H2,1-3H3/q+1. The number of nitrogens with zero attached hydrogens (tertiary/aromatic N) is 4. The number of hydrogen-bond acceptors (Lipinski definition) is 5. The topological polar surface area (TPSA) is 53.0 Å². The molecule has 0 saturated heterocycles. The van der Waals surface area contributed by atoms with Crippen LogP contribution in [0, 0.1) is 6.92 Å². The normalized spacial score (nSPS) is 13.3. The Morgan fingerprint density at radius 2 is 1.81 bits per heavy atom. The van der Waals surface area contributed by atoms with E-state index in [9.17, 15) is 0 Å². The molecule has 2 aromatic carbocycles. The van der Waals surface area contributed by atoms with Crippen molar-refractivity contribution in [3.8, 4) is 28.7 Å². The second kappa shape index (κ2) is 8.05. The third-order valence-electron chi connectivity index (χ3n) is 5.44. The number of hydrogen-bond donors (Lipinski definition) is 0. The van der Waals surface area contributed by atoms with E-state index in [0.717, 1.165) is 51.6 Å². The summed E-state index contributed by atoms with van der Waals surface area (Å²) >= 11 is 7.94. The van der Waals surface area contributed by atoms with Gasteiger partial charge in [-0.15, -0.1) is 0 Å². The average Bonchev–Trinajstić information content (AvgIpc) is 3.21. The van der Waals surface area contributed by atoms with Crippen LogP contribution in [0.3, 0.4) is 0 Å². The van der Waals surface area contributed by atoms with E-state index < -0.39 is 0 Å². The maximum absolute atomic E-state index is 6.19. The van der Waals surface area contributed by atoms with Crippen molar-refractivity contribution in [1.82, 2.24) is 14.8 Å². The van der Waals surface area contributed by atoms with Crippen molar-refractivity contribution < 1.29 is 14.0 Å². The average molecular weight is 454 g/mol. The highest BCUT2D eigenvalue weighted by atomic mass is 35.5. The summed E-state index contributed by atoms with van der Waals surface area (Å²) in [6.45, 7) is 2.96. The van der Waals surface area contributed by atoms with Crippen molar-refractivity contribution in [2.24, 2.45) is 0 Å². The molecule has 0 amide bonds. The number of fused-ring (bicyclic) bond motifs is 2. The third-order valence-corrected chi connectivity index (χ3v) is 6.75. The van der Waals surface area contributed by atoms with Gasteiger partial charge < -0.3 is 9.47 Å². The fourth-order valence-corrected chi connectivity index (χ4v) is 5.01. The van der Waals surface area contributed by atoms with Crippen LogP contribution < -0.4 is 14.0 Å². The minimum Gasteiger partial charge on any atom is -0.493 e. The van der Waals surface area contributed by atoms with Crippen LogP contribution in [0.25, 0.3) is 28.0 Å². The zero-order valence-electron chi connectivity index (χ0n) is 17.6. The van der Waals surface area contributed by atoms with Crippen molar-refractivity contribution in [2.45, 2.75) is 25.0 Å². The van der Waals surface area contributed by atoms with Crippen LogP contribution in [0.15, 0.2) is 47.6 Å². The fourth-order valence-electron chi connectivity index (χ4n) is 4.00. The van der Waals surface area contributed by atoms with E-state index >= 15 is 0 Å². The number of halogens is 1. The molecular weight excluding hydrogens is 432 g/mol. The number of rotatable bonds is 4. The van der Waals surface area contributed by atoms with Gasteiger partial charge in [0.15, 0.2) is 11.5 Å². The molecule has 0 unspecified atom stereocenters. The monoisotopic (exact) mass is 453 g/mol. The van der Waals surface area contributed by atoms with Crippen molar-refractivity contribution in [2.75, 3.05) is 20.0 Å². The lowest BCUT2D eigenvalue weighted by Gasteiger charge is -2.15. The molecular formula is C23H22ClN4O2S+. The van der Waals surface area contributed by atoms with Gasteiger partial charge in [-0.05, 0) is 66.2 Å². The summed E-state index contributed by atoms with van der Waals surface area (Å²) in [6, 6.07) is 14.0. The van der Waals surface area contributed by atoms with Crippen LogP contribution in [0.2, 0.25) is 5.02 Å². The second-order valence-corrected chi connectivity index (χ2v) is 8.89. The minimum absolute atomic E-state index is 0.670. The molecule has 158 valence electrons. The van der Waals surface area contributed by atoms with Gasteiger partial charge in [0.1, 0.15) is 5.69 Å². The smallest absolute Gasteiger partial charge is 0.461 e. The Morgan fingerprint density at radius 1 is 1.06 bits per heavy atom. The lowest BCUT2D eigenvalue weighted by molar-refractivity contribution is -0.597. The van der Waals surface area contributed by atoms with Crippen LogP contribution in [-0.4, -0.2) is 34.7 Å². The van der Waals surface area contributed by atoms with Crippen LogP contribution >= 0.6 is 23.4 Å². The first kappa shape index (κ1) is 20.2. The maximum atomic E-state index is 6.19. The minimum atomic E-state index is 0.670. The fraction of sp³-hybridized carbons (Fsp3) is 0.261. The molecule has 4 aromatic rings. The van der Waals surface area contributed by atoms with Gasteiger partial charge in [0, 0.05) is 26.8 Å². The van der Waals surface area contributed by atoms with E-state index in [1.54, 1.807) is 26.0 Å². The highest BCUT2D eigenvalue weighted by molar-refractivity contribution is 7.99. The van der Waals surface area contributed by atoms with Crippen LogP contribution in [-0.2, 0) is 6.54 Å². The predicted molar refractivity (Wildman–Crippen MR) is 123 cm³/mol. The van der Waals surface area contributed by atoms with E-state index in [-0.39, 0.29) is 0 Å². The van der Waals surface area contributed by atoms with Gasteiger partial charge in [0.25, 0.3) is 5.16 Å². The van der Waals surface area contributed by atoms with E-state index in [2.05, 4.69) is 17.6 Å². The van der Waals surface area contributed by atoms with Crippen molar-refractivity contribution in [3.63, 3.8) is 0 Å². The number of thioether (sulfide) groups is 1. The van der Waals surface area contributed by atoms with E-state index in [0.29, 0.717) is 22.5 Å². The summed E-state index contributed by atoms with van der Waals surface area (Å²) in [6.07, 6.45) is 1.10. The summed E-state index contributed by atoms with van der Waals surface area (Å²) in [5.74, 6) is 3.11.